The second-order valence-corrected chi connectivity index (χ2v) is 8.54. The number of amidine groups is 1. The van der Waals surface area contributed by atoms with Crippen LogP contribution in [0.4, 0.5) is 16.4 Å². The van der Waals surface area contributed by atoms with Gasteiger partial charge in [0.25, 0.3) is 5.91 Å². The molecule has 2 aliphatic heterocycles. The van der Waals surface area contributed by atoms with Crippen molar-refractivity contribution in [3.63, 3.8) is 0 Å². The van der Waals surface area contributed by atoms with Crippen LogP contribution in [0.1, 0.15) is 35.3 Å². The van der Waals surface area contributed by atoms with E-state index in [-0.39, 0.29) is 11.7 Å². The number of anilines is 2. The van der Waals surface area contributed by atoms with Crippen molar-refractivity contribution in [3.05, 3.63) is 47.3 Å². The van der Waals surface area contributed by atoms with Gasteiger partial charge in [-0.2, -0.15) is 0 Å². The molecule has 0 radical (unpaired) electrons. The lowest BCUT2D eigenvalue weighted by atomic mass is 10.0. The number of hydrogen-bond acceptors (Lipinski definition) is 6. The molecule has 0 unspecified atom stereocenters. The van der Waals surface area contributed by atoms with Gasteiger partial charge in [0.1, 0.15) is 23.0 Å². The molecule has 0 saturated carbocycles. The van der Waals surface area contributed by atoms with E-state index in [2.05, 4.69) is 33.2 Å². The summed E-state index contributed by atoms with van der Waals surface area (Å²) in [6, 6.07) is 5.07. The molecule has 0 bridgehead atoms. The van der Waals surface area contributed by atoms with Gasteiger partial charge in [0.15, 0.2) is 0 Å². The molecule has 2 aromatic heterocycles. The summed E-state index contributed by atoms with van der Waals surface area (Å²) in [5.74, 6) is 1.42. The van der Waals surface area contributed by atoms with Crippen molar-refractivity contribution in [2.24, 2.45) is 0 Å². The molecule has 2 N–H and O–H groups in total. The summed E-state index contributed by atoms with van der Waals surface area (Å²) in [7, 11) is 0. The van der Waals surface area contributed by atoms with Gasteiger partial charge < -0.3 is 9.80 Å². The van der Waals surface area contributed by atoms with Crippen molar-refractivity contribution in [1.29, 1.82) is 5.41 Å². The number of aromatic nitrogens is 2. The summed E-state index contributed by atoms with van der Waals surface area (Å²) >= 11 is 0. The van der Waals surface area contributed by atoms with Gasteiger partial charge in [-0.05, 0) is 51.0 Å². The van der Waals surface area contributed by atoms with Crippen LogP contribution < -0.4 is 15.1 Å². The van der Waals surface area contributed by atoms with Gasteiger partial charge in [-0.1, -0.05) is 6.07 Å². The molecule has 0 aromatic carbocycles. The molecule has 2 aliphatic rings. The van der Waals surface area contributed by atoms with Crippen LogP contribution >= 0.6 is 0 Å². The summed E-state index contributed by atoms with van der Waals surface area (Å²) in [5.41, 5.74) is 1.95. The Kier molecular flexibility index (Phi) is 5.12. The number of urea groups is 1. The standard InChI is InChI=1S/C22H27N7O2/c1-14-11-15(2)18(25-12-14)27-7-9-28(10-8-27)19(30)16-5-6-17(24-13-16)29-21(31)26-20(23)22(29,3)4/h5-6,11-13H,7-10H2,1-4H3,(H2,23,26,31). The second-order valence-electron chi connectivity index (χ2n) is 8.54. The van der Waals surface area contributed by atoms with Gasteiger partial charge in [-0.3, -0.25) is 20.4 Å². The van der Waals surface area contributed by atoms with Crippen LogP contribution in [-0.2, 0) is 0 Å². The Morgan fingerprint density at radius 3 is 2.35 bits per heavy atom. The molecular weight excluding hydrogens is 394 g/mol. The van der Waals surface area contributed by atoms with E-state index in [1.807, 2.05) is 18.0 Å². The van der Waals surface area contributed by atoms with Crippen molar-refractivity contribution in [2.75, 3.05) is 36.0 Å². The molecule has 9 nitrogen and oxygen atoms in total. The average molecular weight is 422 g/mol. The highest BCUT2D eigenvalue weighted by atomic mass is 16.2. The van der Waals surface area contributed by atoms with Gasteiger partial charge in [0.05, 0.1) is 5.56 Å². The van der Waals surface area contributed by atoms with Crippen LogP contribution in [0.2, 0.25) is 0 Å². The summed E-state index contributed by atoms with van der Waals surface area (Å²) in [4.78, 5) is 39.5. The number of nitrogens with zero attached hydrogens (tertiary/aromatic N) is 5. The molecule has 4 rings (SSSR count). The molecule has 0 spiro atoms. The van der Waals surface area contributed by atoms with Crippen molar-refractivity contribution < 1.29 is 9.59 Å². The van der Waals surface area contributed by atoms with Crippen molar-refractivity contribution in [1.82, 2.24) is 20.2 Å². The summed E-state index contributed by atoms with van der Waals surface area (Å²) in [6.45, 7) is 10.3. The number of carbonyl (C=O) groups is 2. The lowest BCUT2D eigenvalue weighted by molar-refractivity contribution is 0.0746. The minimum Gasteiger partial charge on any atom is -0.353 e. The first kappa shape index (κ1) is 20.8. The van der Waals surface area contributed by atoms with Gasteiger partial charge in [-0.25, -0.2) is 14.8 Å². The van der Waals surface area contributed by atoms with Crippen LogP contribution in [-0.4, -0.2) is 64.4 Å². The smallest absolute Gasteiger partial charge is 0.329 e. The summed E-state index contributed by atoms with van der Waals surface area (Å²) in [6.07, 6.45) is 3.37. The Balaban J connectivity index is 1.43. The molecule has 4 heterocycles. The third-order valence-corrected chi connectivity index (χ3v) is 5.88. The third-order valence-electron chi connectivity index (χ3n) is 5.88. The zero-order chi connectivity index (χ0) is 22.3. The van der Waals surface area contributed by atoms with E-state index in [0.717, 1.165) is 30.0 Å². The topological polar surface area (TPSA) is 106 Å². The molecule has 2 saturated heterocycles. The quantitative estimate of drug-likeness (QED) is 0.791. The molecule has 9 heteroatoms. The largest absolute Gasteiger partial charge is 0.353 e. The number of carbonyl (C=O) groups excluding carboxylic acids is 2. The first-order valence-corrected chi connectivity index (χ1v) is 10.3. The zero-order valence-electron chi connectivity index (χ0n) is 18.3. The van der Waals surface area contributed by atoms with Crippen LogP contribution in [0.5, 0.6) is 0 Å². The molecule has 0 atom stereocenters. The SMILES string of the molecule is Cc1cnc(N2CCN(C(=O)c3ccc(N4C(=O)NC(=N)C4(C)C)nc3)CC2)c(C)c1. The number of hydrogen-bond donors (Lipinski definition) is 2. The predicted molar refractivity (Wildman–Crippen MR) is 119 cm³/mol. The van der Waals surface area contributed by atoms with E-state index in [9.17, 15) is 9.59 Å². The number of piperazine rings is 1. The van der Waals surface area contributed by atoms with Crippen molar-refractivity contribution >= 4 is 29.4 Å². The van der Waals surface area contributed by atoms with Gasteiger partial charge in [-0.15, -0.1) is 0 Å². The highest BCUT2D eigenvalue weighted by molar-refractivity contribution is 6.17. The number of nitrogens with one attached hydrogen (secondary N) is 2. The van der Waals surface area contributed by atoms with Gasteiger partial charge in [0.2, 0.25) is 0 Å². The minimum atomic E-state index is -0.811. The highest BCUT2D eigenvalue weighted by Gasteiger charge is 2.44. The minimum absolute atomic E-state index is 0.0786. The van der Waals surface area contributed by atoms with Gasteiger partial charge >= 0.3 is 6.03 Å². The average Bonchev–Trinajstić information content (AvgIpc) is 2.94. The highest BCUT2D eigenvalue weighted by Crippen LogP contribution is 2.27. The van der Waals surface area contributed by atoms with E-state index in [1.54, 1.807) is 26.0 Å². The van der Waals surface area contributed by atoms with E-state index >= 15 is 0 Å². The van der Waals surface area contributed by atoms with Crippen LogP contribution in [0.25, 0.3) is 0 Å². The number of amides is 3. The third kappa shape index (κ3) is 3.71. The number of rotatable bonds is 3. The van der Waals surface area contributed by atoms with Crippen LogP contribution in [0.3, 0.4) is 0 Å². The molecule has 3 amide bonds. The fourth-order valence-electron chi connectivity index (χ4n) is 4.06. The van der Waals surface area contributed by atoms with E-state index in [1.165, 1.54) is 11.1 Å². The molecular formula is C22H27N7O2. The maximum absolute atomic E-state index is 13.0. The molecule has 0 aliphatic carbocycles. The maximum Gasteiger partial charge on any atom is 0.329 e. The summed E-state index contributed by atoms with van der Waals surface area (Å²) in [5, 5.41) is 10.5. The molecule has 31 heavy (non-hydrogen) atoms. The predicted octanol–water partition coefficient (Wildman–Crippen LogP) is 2.34. The van der Waals surface area contributed by atoms with E-state index < -0.39 is 11.6 Å². The first-order chi connectivity index (χ1) is 14.7. The second kappa shape index (κ2) is 7.64. The Bertz CT molecular complexity index is 1040. The first-order valence-electron chi connectivity index (χ1n) is 10.3. The van der Waals surface area contributed by atoms with E-state index in [0.29, 0.717) is 24.5 Å². The fourth-order valence-corrected chi connectivity index (χ4v) is 4.06. The maximum atomic E-state index is 13.0. The summed E-state index contributed by atoms with van der Waals surface area (Å²) < 4.78 is 0. The van der Waals surface area contributed by atoms with Crippen molar-refractivity contribution in [2.45, 2.75) is 33.2 Å². The van der Waals surface area contributed by atoms with Crippen molar-refractivity contribution in [3.8, 4) is 0 Å². The monoisotopic (exact) mass is 421 g/mol. The lowest BCUT2D eigenvalue weighted by Crippen LogP contribution is -2.49. The van der Waals surface area contributed by atoms with E-state index in [4.69, 9.17) is 5.41 Å². The normalized spacial score (nSPS) is 18.4. The number of pyridine rings is 2. The van der Waals surface area contributed by atoms with Crippen LogP contribution in [0, 0.1) is 19.3 Å². The molecule has 2 aromatic rings. The number of aryl methyl sites for hydroxylation is 2. The lowest BCUT2D eigenvalue weighted by Gasteiger charge is -2.36. The Hall–Kier alpha value is -3.49. The fraction of sp³-hybridized carbons (Fsp3) is 0.409. The zero-order valence-corrected chi connectivity index (χ0v) is 18.3. The Morgan fingerprint density at radius 2 is 1.81 bits per heavy atom. The Labute approximate surface area is 181 Å². The van der Waals surface area contributed by atoms with Gasteiger partial charge in [0, 0.05) is 38.6 Å². The molecule has 2 fully saturated rings. The Morgan fingerprint density at radius 1 is 1.10 bits per heavy atom. The molecule has 162 valence electrons. The van der Waals surface area contributed by atoms with Crippen LogP contribution in [0.15, 0.2) is 30.6 Å².